The van der Waals surface area contributed by atoms with Crippen molar-refractivity contribution in [3.63, 3.8) is 0 Å². The fourth-order valence-corrected chi connectivity index (χ4v) is 6.65. The first kappa shape index (κ1) is 25.0. The van der Waals surface area contributed by atoms with Crippen molar-refractivity contribution in [1.82, 2.24) is 10.6 Å². The first-order valence-corrected chi connectivity index (χ1v) is 12.8. The highest BCUT2D eigenvalue weighted by Gasteiger charge is 2.59. The van der Waals surface area contributed by atoms with Crippen molar-refractivity contribution in [2.24, 2.45) is 11.3 Å². The van der Waals surface area contributed by atoms with Gasteiger partial charge in [0.05, 0.1) is 11.5 Å². The number of nitrogens with one attached hydrogen (secondary N) is 2. The average molecular weight is 503 g/mol. The second kappa shape index (κ2) is 9.88. The van der Waals surface area contributed by atoms with Gasteiger partial charge < -0.3 is 15.7 Å². The molecule has 1 heterocycles. The minimum atomic E-state index is -0.621. The van der Waals surface area contributed by atoms with Gasteiger partial charge >= 0.3 is 0 Å². The highest BCUT2D eigenvalue weighted by atomic mass is 35.5. The molecule has 6 atom stereocenters. The molecular weight excluding hydrogens is 471 g/mol. The minimum Gasteiger partial charge on any atom is -0.392 e. The Kier molecular flexibility index (Phi) is 7.28. The van der Waals surface area contributed by atoms with Crippen LogP contribution in [-0.4, -0.2) is 35.6 Å². The third kappa shape index (κ3) is 4.46. The molecule has 1 saturated carbocycles. The summed E-state index contributed by atoms with van der Waals surface area (Å²) in [5, 5.41) is 16.6. The summed E-state index contributed by atoms with van der Waals surface area (Å²) in [6, 6.07) is 13.4. The fraction of sp³-hybridized carbons (Fsp3) is 0.481. The zero-order valence-electron chi connectivity index (χ0n) is 19.8. The summed E-state index contributed by atoms with van der Waals surface area (Å²) in [5.41, 5.74) is 2.20. The van der Waals surface area contributed by atoms with Crippen molar-refractivity contribution < 1.29 is 14.7 Å². The molecule has 2 aromatic rings. The molecular formula is C27H32Cl2N2O3. The topological polar surface area (TPSA) is 78.4 Å². The molecule has 0 spiro atoms. The zero-order valence-corrected chi connectivity index (χ0v) is 21.3. The number of halogens is 2. The van der Waals surface area contributed by atoms with Crippen molar-refractivity contribution in [3.8, 4) is 0 Å². The SMILES string of the molecule is CC[C@@]12CC[C@@H](c3ccc(C(=O)NCC(C)O)cc3Cl)[C@H](c3ccc(Cl)cc3)[C@@H]1[C@@H](C)NC2=O. The van der Waals surface area contributed by atoms with Crippen LogP contribution in [0.1, 0.15) is 73.4 Å². The molecule has 0 radical (unpaired) electrons. The Morgan fingerprint density at radius 2 is 1.94 bits per heavy atom. The summed E-state index contributed by atoms with van der Waals surface area (Å²) in [6.45, 7) is 6.01. The fourth-order valence-electron chi connectivity index (χ4n) is 6.21. The van der Waals surface area contributed by atoms with E-state index in [4.69, 9.17) is 23.2 Å². The molecule has 5 nitrogen and oxygen atoms in total. The lowest BCUT2D eigenvalue weighted by Crippen LogP contribution is -2.43. The van der Waals surface area contributed by atoms with Gasteiger partial charge in [-0.05, 0) is 80.3 Å². The number of hydrogen-bond acceptors (Lipinski definition) is 3. The quantitative estimate of drug-likeness (QED) is 0.501. The molecule has 4 rings (SSSR count). The van der Waals surface area contributed by atoms with E-state index < -0.39 is 11.5 Å². The smallest absolute Gasteiger partial charge is 0.251 e. The second-order valence-electron chi connectivity index (χ2n) is 9.82. The number of aliphatic hydroxyl groups excluding tert-OH is 1. The van der Waals surface area contributed by atoms with Crippen molar-refractivity contribution in [1.29, 1.82) is 0 Å². The van der Waals surface area contributed by atoms with E-state index in [0.717, 1.165) is 30.4 Å². The molecule has 2 aromatic carbocycles. The van der Waals surface area contributed by atoms with Gasteiger partial charge in [-0.15, -0.1) is 0 Å². The summed E-state index contributed by atoms with van der Waals surface area (Å²) in [5.74, 6) is 0.183. The highest BCUT2D eigenvalue weighted by molar-refractivity contribution is 6.32. The molecule has 2 aliphatic rings. The number of amides is 2. The monoisotopic (exact) mass is 502 g/mol. The van der Waals surface area contributed by atoms with Gasteiger partial charge in [-0.25, -0.2) is 0 Å². The van der Waals surface area contributed by atoms with Gasteiger partial charge in [0.2, 0.25) is 5.91 Å². The van der Waals surface area contributed by atoms with Crippen LogP contribution < -0.4 is 10.6 Å². The van der Waals surface area contributed by atoms with Gasteiger partial charge in [0.1, 0.15) is 0 Å². The van der Waals surface area contributed by atoms with Crippen molar-refractivity contribution >= 4 is 35.0 Å². The van der Waals surface area contributed by atoms with E-state index in [2.05, 4.69) is 36.6 Å². The Morgan fingerprint density at radius 1 is 1.24 bits per heavy atom. The molecule has 7 heteroatoms. The molecule has 0 aromatic heterocycles. The van der Waals surface area contributed by atoms with Crippen LogP contribution >= 0.6 is 23.2 Å². The Morgan fingerprint density at radius 3 is 2.56 bits per heavy atom. The minimum absolute atomic E-state index is 0.0419. The van der Waals surface area contributed by atoms with E-state index in [0.29, 0.717) is 15.6 Å². The van der Waals surface area contributed by atoms with Crippen LogP contribution in [0.2, 0.25) is 10.0 Å². The summed E-state index contributed by atoms with van der Waals surface area (Å²) >= 11 is 13.0. The lowest BCUT2D eigenvalue weighted by Gasteiger charge is -2.47. The normalized spacial score (nSPS) is 29.3. The van der Waals surface area contributed by atoms with Gasteiger partial charge in [0.25, 0.3) is 5.91 Å². The zero-order chi connectivity index (χ0) is 24.6. The van der Waals surface area contributed by atoms with E-state index in [1.165, 1.54) is 0 Å². The second-order valence-corrected chi connectivity index (χ2v) is 10.7. The Labute approximate surface area is 211 Å². The number of rotatable bonds is 6. The predicted octanol–water partition coefficient (Wildman–Crippen LogP) is 5.30. The van der Waals surface area contributed by atoms with Crippen molar-refractivity contribution in [2.45, 2.75) is 64.0 Å². The standard InChI is InChI=1S/C27H32Cl2N2O3/c1-4-27-12-11-21(20-10-7-18(13-22(20)29)25(33)30-14-15(2)32)23(17-5-8-19(28)9-6-17)24(27)16(3)31-26(27)34/h5-10,13,15-16,21,23-24,32H,4,11-12,14H2,1-3H3,(H,30,33)(H,31,34)/t15?,16-,21+,23+,24+,27-/m1/s1. The number of benzene rings is 2. The molecule has 34 heavy (non-hydrogen) atoms. The average Bonchev–Trinajstić information content (AvgIpc) is 3.07. The van der Waals surface area contributed by atoms with Crippen molar-refractivity contribution in [3.05, 3.63) is 69.2 Å². The van der Waals surface area contributed by atoms with E-state index in [1.807, 2.05) is 18.2 Å². The first-order chi connectivity index (χ1) is 16.2. The van der Waals surface area contributed by atoms with Gasteiger partial charge in [-0.2, -0.15) is 0 Å². The van der Waals surface area contributed by atoms with Crippen molar-refractivity contribution in [2.75, 3.05) is 6.54 Å². The largest absolute Gasteiger partial charge is 0.392 e. The van der Waals surface area contributed by atoms with Crippen LogP contribution in [0.15, 0.2) is 42.5 Å². The summed E-state index contributed by atoms with van der Waals surface area (Å²) in [7, 11) is 0. The number of aliphatic hydroxyl groups is 1. The van der Waals surface area contributed by atoms with E-state index >= 15 is 0 Å². The number of carbonyl (C=O) groups is 2. The Bertz CT molecular complexity index is 1070. The molecule has 1 saturated heterocycles. The van der Waals surface area contributed by atoms with Crippen LogP contribution in [0.5, 0.6) is 0 Å². The molecule has 1 aliphatic heterocycles. The van der Waals surface area contributed by atoms with Gasteiger partial charge in [0.15, 0.2) is 0 Å². The van der Waals surface area contributed by atoms with E-state index in [-0.39, 0.29) is 42.2 Å². The van der Waals surface area contributed by atoms with Gasteiger partial charge in [-0.3, -0.25) is 9.59 Å². The summed E-state index contributed by atoms with van der Waals surface area (Å²) in [6.07, 6.45) is 1.79. The third-order valence-electron chi connectivity index (χ3n) is 7.82. The van der Waals surface area contributed by atoms with Crippen LogP contribution in [0.4, 0.5) is 0 Å². The highest BCUT2D eigenvalue weighted by Crippen LogP contribution is 2.60. The van der Waals surface area contributed by atoms with E-state index in [9.17, 15) is 14.7 Å². The number of carbonyl (C=O) groups excluding carboxylic acids is 2. The predicted molar refractivity (Wildman–Crippen MR) is 135 cm³/mol. The molecule has 182 valence electrons. The summed E-state index contributed by atoms with van der Waals surface area (Å²) in [4.78, 5) is 25.6. The molecule has 2 fully saturated rings. The summed E-state index contributed by atoms with van der Waals surface area (Å²) < 4.78 is 0. The van der Waals surface area contributed by atoms with Crippen LogP contribution in [0, 0.1) is 11.3 Å². The van der Waals surface area contributed by atoms with Gasteiger partial charge in [-0.1, -0.05) is 48.3 Å². The third-order valence-corrected chi connectivity index (χ3v) is 8.39. The molecule has 3 N–H and O–H groups in total. The molecule has 2 amide bonds. The molecule has 1 aliphatic carbocycles. The lowest BCUT2D eigenvalue weighted by molar-refractivity contribution is -0.131. The maximum atomic E-state index is 13.1. The maximum Gasteiger partial charge on any atom is 0.251 e. The van der Waals surface area contributed by atoms with Crippen LogP contribution in [0.3, 0.4) is 0 Å². The van der Waals surface area contributed by atoms with Crippen LogP contribution in [-0.2, 0) is 4.79 Å². The lowest BCUT2D eigenvalue weighted by atomic mass is 9.54. The Hall–Kier alpha value is -2.08. The molecule has 1 unspecified atom stereocenters. The molecule has 0 bridgehead atoms. The number of hydrogen-bond donors (Lipinski definition) is 3. The van der Waals surface area contributed by atoms with Crippen LogP contribution in [0.25, 0.3) is 0 Å². The van der Waals surface area contributed by atoms with Gasteiger partial charge in [0, 0.05) is 34.1 Å². The first-order valence-electron chi connectivity index (χ1n) is 12.0. The van der Waals surface area contributed by atoms with E-state index in [1.54, 1.807) is 19.1 Å². The number of fused-ring (bicyclic) bond motifs is 1. The Balaban J connectivity index is 1.74. The maximum absolute atomic E-state index is 13.1.